The first-order valence-corrected chi connectivity index (χ1v) is 8.82. The van der Waals surface area contributed by atoms with Crippen molar-refractivity contribution in [2.75, 3.05) is 7.11 Å². The van der Waals surface area contributed by atoms with Crippen molar-refractivity contribution < 1.29 is 4.74 Å². The molecule has 8 heteroatoms. The van der Waals surface area contributed by atoms with Gasteiger partial charge in [-0.05, 0) is 62.3 Å². The van der Waals surface area contributed by atoms with Gasteiger partial charge in [0, 0.05) is 10.8 Å². The van der Waals surface area contributed by atoms with Crippen molar-refractivity contribution in [1.29, 1.82) is 0 Å². The molecule has 0 atom stereocenters. The molecule has 1 heterocycles. The Balaban J connectivity index is 1.77. The molecule has 3 aromatic rings. The van der Waals surface area contributed by atoms with E-state index in [1.165, 1.54) is 0 Å². The van der Waals surface area contributed by atoms with Crippen molar-refractivity contribution in [3.05, 3.63) is 57.5 Å². The molecule has 3 rings (SSSR count). The largest absolute Gasteiger partial charge is 0.496 e. The van der Waals surface area contributed by atoms with Gasteiger partial charge in [0.2, 0.25) is 5.16 Å². The fourth-order valence-electron chi connectivity index (χ4n) is 1.99. The standard InChI is InChI=1S/C15H12BrClN4OS/c1-22-14-6-5-10(7-13(14)16)9-23-15-18-19-20-21(15)12-4-2-3-11(17)8-12/h2-8H,9H2,1H3. The van der Waals surface area contributed by atoms with Crippen LogP contribution in [0.5, 0.6) is 5.75 Å². The van der Waals surface area contributed by atoms with Crippen LogP contribution in [0.3, 0.4) is 0 Å². The Kier molecular flexibility index (Phi) is 5.20. The fourth-order valence-corrected chi connectivity index (χ4v) is 3.59. The minimum Gasteiger partial charge on any atom is -0.496 e. The molecule has 0 amide bonds. The predicted octanol–water partition coefficient (Wildman–Crippen LogP) is 4.38. The average Bonchev–Trinajstić information content (AvgIpc) is 3.01. The summed E-state index contributed by atoms with van der Waals surface area (Å²) >= 11 is 11.1. The number of nitrogens with zero attached hydrogens (tertiary/aromatic N) is 4. The Morgan fingerprint density at radius 2 is 2.13 bits per heavy atom. The molecule has 0 saturated carbocycles. The molecule has 0 aliphatic heterocycles. The van der Waals surface area contributed by atoms with Gasteiger partial charge >= 0.3 is 0 Å². The van der Waals surface area contributed by atoms with Gasteiger partial charge in [0.25, 0.3) is 0 Å². The maximum absolute atomic E-state index is 6.03. The van der Waals surface area contributed by atoms with Crippen LogP contribution in [0.4, 0.5) is 0 Å². The summed E-state index contributed by atoms with van der Waals surface area (Å²) in [5.41, 5.74) is 1.98. The van der Waals surface area contributed by atoms with Gasteiger partial charge in [-0.1, -0.05) is 35.5 Å². The van der Waals surface area contributed by atoms with Crippen LogP contribution in [-0.2, 0) is 5.75 Å². The molecule has 118 valence electrons. The van der Waals surface area contributed by atoms with E-state index >= 15 is 0 Å². The van der Waals surface area contributed by atoms with E-state index in [1.54, 1.807) is 23.6 Å². The first-order valence-electron chi connectivity index (χ1n) is 6.67. The summed E-state index contributed by atoms with van der Waals surface area (Å²) in [6.07, 6.45) is 0. The number of methoxy groups -OCH3 is 1. The molecular weight excluding hydrogens is 400 g/mol. The van der Waals surface area contributed by atoms with Gasteiger partial charge < -0.3 is 4.74 Å². The first-order chi connectivity index (χ1) is 11.2. The summed E-state index contributed by atoms with van der Waals surface area (Å²) in [5.74, 6) is 1.55. The molecular formula is C15H12BrClN4OS. The minimum atomic E-state index is 0.646. The molecule has 0 spiro atoms. The van der Waals surface area contributed by atoms with Crippen molar-refractivity contribution >= 4 is 39.3 Å². The summed E-state index contributed by atoms with van der Waals surface area (Å²) in [6.45, 7) is 0. The zero-order valence-corrected chi connectivity index (χ0v) is 15.3. The van der Waals surface area contributed by atoms with E-state index in [0.717, 1.165) is 27.2 Å². The normalized spacial score (nSPS) is 10.7. The van der Waals surface area contributed by atoms with Crippen molar-refractivity contribution in [3.63, 3.8) is 0 Å². The van der Waals surface area contributed by atoms with Crippen molar-refractivity contribution in [1.82, 2.24) is 20.2 Å². The van der Waals surface area contributed by atoms with Crippen LogP contribution in [0.1, 0.15) is 5.56 Å². The lowest BCUT2D eigenvalue weighted by Crippen LogP contribution is -1.99. The molecule has 0 radical (unpaired) electrons. The molecule has 0 saturated heterocycles. The van der Waals surface area contributed by atoms with Crippen LogP contribution in [0.15, 0.2) is 52.1 Å². The number of thioether (sulfide) groups is 1. The molecule has 2 aromatic carbocycles. The Labute approximate surface area is 151 Å². The Morgan fingerprint density at radius 1 is 1.26 bits per heavy atom. The molecule has 0 unspecified atom stereocenters. The van der Waals surface area contributed by atoms with Gasteiger partial charge in [0.1, 0.15) is 5.75 Å². The highest BCUT2D eigenvalue weighted by Crippen LogP contribution is 2.29. The number of hydrogen-bond donors (Lipinski definition) is 0. The zero-order valence-electron chi connectivity index (χ0n) is 12.1. The second-order valence-electron chi connectivity index (χ2n) is 4.61. The number of hydrogen-bond acceptors (Lipinski definition) is 5. The van der Waals surface area contributed by atoms with Gasteiger partial charge in [0.05, 0.1) is 17.3 Å². The molecule has 0 N–H and O–H groups in total. The number of halogens is 2. The van der Waals surface area contributed by atoms with Crippen LogP contribution >= 0.6 is 39.3 Å². The third kappa shape index (κ3) is 3.85. The van der Waals surface area contributed by atoms with E-state index in [4.69, 9.17) is 16.3 Å². The van der Waals surface area contributed by atoms with E-state index in [2.05, 4.69) is 31.5 Å². The molecule has 5 nitrogen and oxygen atoms in total. The molecule has 23 heavy (non-hydrogen) atoms. The Bertz CT molecular complexity index is 827. The average molecular weight is 412 g/mol. The summed E-state index contributed by atoms with van der Waals surface area (Å²) in [4.78, 5) is 0. The highest BCUT2D eigenvalue weighted by Gasteiger charge is 2.10. The van der Waals surface area contributed by atoms with Crippen LogP contribution < -0.4 is 4.74 Å². The van der Waals surface area contributed by atoms with E-state index in [-0.39, 0.29) is 0 Å². The van der Waals surface area contributed by atoms with Crippen LogP contribution in [-0.4, -0.2) is 27.3 Å². The van der Waals surface area contributed by atoms with Crippen LogP contribution in [0.2, 0.25) is 5.02 Å². The second kappa shape index (κ2) is 7.33. The van der Waals surface area contributed by atoms with E-state index in [9.17, 15) is 0 Å². The van der Waals surface area contributed by atoms with E-state index in [0.29, 0.717) is 10.2 Å². The SMILES string of the molecule is COc1ccc(CSc2nnnn2-c2cccc(Cl)c2)cc1Br. The highest BCUT2D eigenvalue weighted by atomic mass is 79.9. The maximum atomic E-state index is 6.03. The van der Waals surface area contributed by atoms with Gasteiger partial charge in [-0.15, -0.1) is 5.10 Å². The second-order valence-corrected chi connectivity index (χ2v) is 6.84. The first kappa shape index (κ1) is 16.3. The van der Waals surface area contributed by atoms with Crippen LogP contribution in [0, 0.1) is 0 Å². The van der Waals surface area contributed by atoms with Gasteiger partial charge in [-0.25, -0.2) is 0 Å². The highest BCUT2D eigenvalue weighted by molar-refractivity contribution is 9.10. The number of aromatic nitrogens is 4. The quantitative estimate of drug-likeness (QED) is 0.583. The topological polar surface area (TPSA) is 52.8 Å². The lowest BCUT2D eigenvalue weighted by atomic mass is 10.2. The minimum absolute atomic E-state index is 0.646. The number of ether oxygens (including phenoxy) is 1. The Hall–Kier alpha value is -1.57. The van der Waals surface area contributed by atoms with Gasteiger partial charge in [-0.3, -0.25) is 0 Å². The summed E-state index contributed by atoms with van der Waals surface area (Å²) in [5, 5.41) is 13.2. The third-order valence-corrected chi connectivity index (χ3v) is 4.92. The lowest BCUT2D eigenvalue weighted by Gasteiger charge is -2.07. The van der Waals surface area contributed by atoms with E-state index < -0.39 is 0 Å². The van der Waals surface area contributed by atoms with Crippen molar-refractivity contribution in [2.24, 2.45) is 0 Å². The maximum Gasteiger partial charge on any atom is 0.214 e. The van der Waals surface area contributed by atoms with Gasteiger partial charge in [-0.2, -0.15) is 4.68 Å². The number of benzene rings is 2. The molecule has 1 aromatic heterocycles. The smallest absolute Gasteiger partial charge is 0.214 e. The predicted molar refractivity (Wildman–Crippen MR) is 94.4 cm³/mol. The third-order valence-electron chi connectivity index (χ3n) is 3.08. The molecule has 0 bridgehead atoms. The number of rotatable bonds is 5. The monoisotopic (exact) mass is 410 g/mol. The fraction of sp³-hybridized carbons (Fsp3) is 0.133. The molecule has 0 aliphatic rings. The summed E-state index contributed by atoms with van der Waals surface area (Å²) < 4.78 is 7.84. The lowest BCUT2D eigenvalue weighted by molar-refractivity contribution is 0.412. The van der Waals surface area contributed by atoms with E-state index in [1.807, 2.05) is 42.5 Å². The Morgan fingerprint density at radius 3 is 2.87 bits per heavy atom. The number of tetrazole rings is 1. The van der Waals surface area contributed by atoms with Crippen molar-refractivity contribution in [2.45, 2.75) is 10.9 Å². The zero-order chi connectivity index (χ0) is 16.2. The summed E-state index contributed by atoms with van der Waals surface area (Å²) in [6, 6.07) is 13.4. The summed E-state index contributed by atoms with van der Waals surface area (Å²) in [7, 11) is 1.65. The molecule has 0 aliphatic carbocycles. The van der Waals surface area contributed by atoms with Crippen molar-refractivity contribution in [3.8, 4) is 11.4 Å². The van der Waals surface area contributed by atoms with Crippen LogP contribution in [0.25, 0.3) is 5.69 Å². The van der Waals surface area contributed by atoms with Gasteiger partial charge in [0.15, 0.2) is 0 Å². The molecule has 0 fully saturated rings.